The van der Waals surface area contributed by atoms with Crippen LogP contribution < -0.4 is 9.62 Å². The van der Waals surface area contributed by atoms with Gasteiger partial charge in [-0.05, 0) is 43.2 Å². The second-order valence-corrected chi connectivity index (χ2v) is 11.2. The van der Waals surface area contributed by atoms with Gasteiger partial charge in [0.05, 0.1) is 11.9 Å². The van der Waals surface area contributed by atoms with Crippen LogP contribution in [0.3, 0.4) is 0 Å². The van der Waals surface area contributed by atoms with E-state index in [4.69, 9.17) is 0 Å². The average Bonchev–Trinajstić information content (AvgIpc) is 2.89. The van der Waals surface area contributed by atoms with E-state index in [1.165, 1.54) is 4.90 Å². The van der Waals surface area contributed by atoms with Gasteiger partial charge in [0, 0.05) is 18.0 Å². The van der Waals surface area contributed by atoms with Crippen LogP contribution in [0.5, 0.6) is 0 Å². The predicted octanol–water partition coefficient (Wildman–Crippen LogP) is 4.37. The number of nitrogens with one attached hydrogen (secondary N) is 1. The van der Waals surface area contributed by atoms with Crippen molar-refractivity contribution in [1.82, 2.24) is 10.2 Å². The summed E-state index contributed by atoms with van der Waals surface area (Å²) >= 11 is 0. The first-order chi connectivity index (χ1) is 17.7. The second-order valence-electron chi connectivity index (χ2n) is 9.33. The van der Waals surface area contributed by atoms with Crippen molar-refractivity contribution in [3.05, 3.63) is 78.4 Å². The Kier molecular flexibility index (Phi) is 9.69. The topological polar surface area (TPSA) is 86.8 Å². The molecule has 0 radical (unpaired) electrons. The molecule has 0 aliphatic heterocycles. The SMILES string of the molecule is CCC(C)NC(=O)C(CC)N(CCc1ccccc1)C(=O)CN(c1cccc2ccccc12)S(C)(=O)=O. The van der Waals surface area contributed by atoms with E-state index in [1.807, 2.05) is 81.4 Å². The van der Waals surface area contributed by atoms with Gasteiger partial charge in [-0.2, -0.15) is 0 Å². The smallest absolute Gasteiger partial charge is 0.244 e. The van der Waals surface area contributed by atoms with Crippen molar-refractivity contribution in [2.75, 3.05) is 23.7 Å². The highest BCUT2D eigenvalue weighted by Crippen LogP contribution is 2.28. The van der Waals surface area contributed by atoms with Crippen LogP contribution in [0.15, 0.2) is 72.8 Å². The first-order valence-corrected chi connectivity index (χ1v) is 14.6. The van der Waals surface area contributed by atoms with Gasteiger partial charge in [-0.3, -0.25) is 13.9 Å². The number of fused-ring (bicyclic) bond motifs is 1. The summed E-state index contributed by atoms with van der Waals surface area (Å²) in [6, 6.07) is 21.9. The highest BCUT2D eigenvalue weighted by molar-refractivity contribution is 7.92. The summed E-state index contributed by atoms with van der Waals surface area (Å²) in [4.78, 5) is 28.6. The zero-order valence-electron chi connectivity index (χ0n) is 22.1. The van der Waals surface area contributed by atoms with E-state index in [2.05, 4.69) is 5.32 Å². The summed E-state index contributed by atoms with van der Waals surface area (Å²) in [5, 5.41) is 4.60. The first-order valence-electron chi connectivity index (χ1n) is 12.7. The molecule has 2 amide bonds. The number of nitrogens with zero attached hydrogens (tertiary/aromatic N) is 2. The van der Waals surface area contributed by atoms with E-state index in [1.54, 1.807) is 12.1 Å². The van der Waals surface area contributed by atoms with Crippen molar-refractivity contribution in [3.63, 3.8) is 0 Å². The van der Waals surface area contributed by atoms with Crippen molar-refractivity contribution in [2.24, 2.45) is 0 Å². The Bertz CT molecular complexity index is 1310. The highest BCUT2D eigenvalue weighted by atomic mass is 32.2. The predicted molar refractivity (Wildman–Crippen MR) is 150 cm³/mol. The van der Waals surface area contributed by atoms with E-state index in [0.29, 0.717) is 25.1 Å². The number of carbonyl (C=O) groups is 2. The maximum absolute atomic E-state index is 13.8. The van der Waals surface area contributed by atoms with E-state index in [-0.39, 0.29) is 11.9 Å². The van der Waals surface area contributed by atoms with Gasteiger partial charge in [0.15, 0.2) is 0 Å². The lowest BCUT2D eigenvalue weighted by Gasteiger charge is -2.33. The van der Waals surface area contributed by atoms with Crippen LogP contribution in [0.2, 0.25) is 0 Å². The van der Waals surface area contributed by atoms with Crippen molar-refractivity contribution in [1.29, 1.82) is 0 Å². The minimum Gasteiger partial charge on any atom is -0.352 e. The summed E-state index contributed by atoms with van der Waals surface area (Å²) in [6.07, 6.45) is 2.83. The Balaban J connectivity index is 1.96. The molecule has 0 aromatic heterocycles. The minimum atomic E-state index is -3.80. The fourth-order valence-corrected chi connectivity index (χ4v) is 5.22. The quantitative estimate of drug-likeness (QED) is 0.382. The van der Waals surface area contributed by atoms with E-state index in [0.717, 1.165) is 33.3 Å². The molecule has 2 atom stereocenters. The lowest BCUT2D eigenvalue weighted by atomic mass is 10.1. The number of sulfonamides is 1. The summed E-state index contributed by atoms with van der Waals surface area (Å²) in [7, 11) is -3.80. The molecule has 0 aliphatic carbocycles. The third-order valence-electron chi connectivity index (χ3n) is 6.59. The molecule has 0 fully saturated rings. The molecule has 7 nitrogen and oxygen atoms in total. The first kappa shape index (κ1) is 28.2. The number of hydrogen-bond donors (Lipinski definition) is 1. The second kappa shape index (κ2) is 12.7. The van der Waals surface area contributed by atoms with Gasteiger partial charge in [-0.15, -0.1) is 0 Å². The lowest BCUT2D eigenvalue weighted by molar-refractivity contribution is -0.139. The van der Waals surface area contributed by atoms with Crippen LogP contribution >= 0.6 is 0 Å². The summed E-state index contributed by atoms with van der Waals surface area (Å²) in [5.41, 5.74) is 1.47. The van der Waals surface area contributed by atoms with Gasteiger partial charge in [0.2, 0.25) is 21.8 Å². The minimum absolute atomic E-state index is 0.0316. The zero-order chi connectivity index (χ0) is 27.0. The number of rotatable bonds is 12. The molecule has 3 aromatic carbocycles. The molecule has 37 heavy (non-hydrogen) atoms. The molecule has 0 heterocycles. The highest BCUT2D eigenvalue weighted by Gasteiger charge is 2.32. The van der Waals surface area contributed by atoms with Gasteiger partial charge in [0.1, 0.15) is 12.6 Å². The molecule has 8 heteroatoms. The number of anilines is 1. The molecule has 3 rings (SSSR count). The van der Waals surface area contributed by atoms with Gasteiger partial charge >= 0.3 is 0 Å². The number of hydrogen-bond acceptors (Lipinski definition) is 4. The number of carbonyl (C=O) groups excluding carboxylic acids is 2. The molecule has 3 aromatic rings. The maximum Gasteiger partial charge on any atom is 0.244 e. The van der Waals surface area contributed by atoms with Crippen molar-refractivity contribution in [2.45, 2.75) is 52.1 Å². The Morgan fingerprint density at radius 3 is 2.19 bits per heavy atom. The standard InChI is InChI=1S/C29H37N3O4S/c1-5-22(3)30-29(34)26(6-2)31(20-19-23-13-8-7-9-14-23)28(33)21-32(37(4,35)36)27-18-12-16-24-15-10-11-17-25(24)27/h7-18,22,26H,5-6,19-21H2,1-4H3,(H,30,34). The Morgan fingerprint density at radius 2 is 1.54 bits per heavy atom. The molecular weight excluding hydrogens is 486 g/mol. The third-order valence-corrected chi connectivity index (χ3v) is 7.71. The lowest BCUT2D eigenvalue weighted by Crippen LogP contribution is -2.54. The van der Waals surface area contributed by atoms with Crippen LogP contribution in [0.4, 0.5) is 5.69 Å². The Morgan fingerprint density at radius 1 is 0.892 bits per heavy atom. The molecule has 0 saturated carbocycles. The molecule has 0 bridgehead atoms. The van der Waals surface area contributed by atoms with Gasteiger partial charge in [-0.25, -0.2) is 8.42 Å². The van der Waals surface area contributed by atoms with Crippen LogP contribution in [0.25, 0.3) is 10.8 Å². The van der Waals surface area contributed by atoms with Crippen LogP contribution in [-0.2, 0) is 26.0 Å². The van der Waals surface area contributed by atoms with Crippen LogP contribution in [-0.4, -0.2) is 56.6 Å². The zero-order valence-corrected chi connectivity index (χ0v) is 22.9. The molecule has 1 N–H and O–H groups in total. The van der Waals surface area contributed by atoms with E-state index >= 15 is 0 Å². The summed E-state index contributed by atoms with van der Waals surface area (Å²) in [6.45, 7) is 5.67. The fourth-order valence-electron chi connectivity index (χ4n) is 4.36. The van der Waals surface area contributed by atoms with Gasteiger partial charge < -0.3 is 10.2 Å². The van der Waals surface area contributed by atoms with Crippen molar-refractivity contribution in [3.8, 4) is 0 Å². The molecule has 2 unspecified atom stereocenters. The Labute approximate surface area is 220 Å². The monoisotopic (exact) mass is 523 g/mol. The van der Waals surface area contributed by atoms with Crippen LogP contribution in [0.1, 0.15) is 39.2 Å². The molecule has 198 valence electrons. The number of amides is 2. The maximum atomic E-state index is 13.8. The van der Waals surface area contributed by atoms with Crippen molar-refractivity contribution >= 4 is 38.3 Å². The number of benzene rings is 3. The third kappa shape index (κ3) is 7.32. The Hall–Kier alpha value is -3.39. The average molecular weight is 524 g/mol. The molecule has 0 aliphatic rings. The van der Waals surface area contributed by atoms with Gasteiger partial charge in [0.25, 0.3) is 0 Å². The molecular formula is C29H37N3O4S. The van der Waals surface area contributed by atoms with E-state index in [9.17, 15) is 18.0 Å². The molecule has 0 spiro atoms. The largest absolute Gasteiger partial charge is 0.352 e. The van der Waals surface area contributed by atoms with E-state index < -0.39 is 28.5 Å². The van der Waals surface area contributed by atoms with Gasteiger partial charge in [-0.1, -0.05) is 80.6 Å². The summed E-state index contributed by atoms with van der Waals surface area (Å²) in [5.74, 6) is -0.644. The summed E-state index contributed by atoms with van der Waals surface area (Å²) < 4.78 is 27.0. The van der Waals surface area contributed by atoms with Crippen molar-refractivity contribution < 1.29 is 18.0 Å². The molecule has 0 saturated heterocycles. The normalized spacial score (nSPS) is 13.1. The fraction of sp³-hybridized carbons (Fsp3) is 0.379. The van der Waals surface area contributed by atoms with Crippen LogP contribution in [0, 0.1) is 0 Å².